The molecule has 1 fully saturated rings. The van der Waals surface area contributed by atoms with Crippen molar-refractivity contribution in [2.45, 2.75) is 24.7 Å². The zero-order valence-corrected chi connectivity index (χ0v) is 19.5. The van der Waals surface area contributed by atoms with E-state index in [4.69, 9.17) is 0 Å². The van der Waals surface area contributed by atoms with E-state index in [-0.39, 0.29) is 25.0 Å². The lowest BCUT2D eigenvalue weighted by Gasteiger charge is -2.36. The highest BCUT2D eigenvalue weighted by molar-refractivity contribution is 6.00. The van der Waals surface area contributed by atoms with Gasteiger partial charge in [-0.25, -0.2) is 4.79 Å². The Morgan fingerprint density at radius 1 is 1.14 bits per heavy atom. The topological polar surface area (TPSA) is 82.1 Å². The second-order valence-electron chi connectivity index (χ2n) is 9.48. The van der Waals surface area contributed by atoms with E-state index in [9.17, 15) is 18.0 Å². The lowest BCUT2D eigenvalue weighted by molar-refractivity contribution is -0.143. The quantitative estimate of drug-likeness (QED) is 0.441. The fourth-order valence-electron chi connectivity index (χ4n) is 5.42. The average molecular weight is 496 g/mol. The Morgan fingerprint density at radius 2 is 1.94 bits per heavy atom. The van der Waals surface area contributed by atoms with Gasteiger partial charge in [0.05, 0.1) is 24.3 Å². The molecular weight excluding hydrogens is 471 g/mol. The number of halogens is 3. The summed E-state index contributed by atoms with van der Waals surface area (Å²) in [4.78, 5) is 16.3. The Balaban J connectivity index is 1.35. The van der Waals surface area contributed by atoms with E-state index >= 15 is 0 Å². The number of fused-ring (bicyclic) bond motifs is 2. The summed E-state index contributed by atoms with van der Waals surface area (Å²) in [5, 5.41) is 15.5. The molecule has 2 aromatic heterocycles. The van der Waals surface area contributed by atoms with E-state index in [0.717, 1.165) is 33.3 Å². The second kappa shape index (κ2) is 8.37. The van der Waals surface area contributed by atoms with Crippen LogP contribution in [0.1, 0.15) is 17.0 Å². The van der Waals surface area contributed by atoms with Crippen molar-refractivity contribution in [2.75, 3.05) is 25.0 Å². The van der Waals surface area contributed by atoms with Crippen LogP contribution in [0.4, 0.5) is 23.7 Å². The molecule has 2 N–H and O–H groups in total. The standard InChI is InChI=1S/C25H24F3N7O/c1-33-10-17(9-29-33)23-18-7-16-11-35(24(36)30-20(16)8-21(18)31-32-23)22-13-34(14-25(26,27)28)12-19(22)15-5-3-2-4-6-15/h2-10,19,22H,11-14H2,1H3,(H,30,36)(H,31,32)/t19-,22+/m0/s1. The molecule has 2 atom stereocenters. The smallest absolute Gasteiger partial charge is 0.315 e. The van der Waals surface area contributed by atoms with Gasteiger partial charge >= 0.3 is 12.2 Å². The first-order chi connectivity index (χ1) is 17.2. The molecule has 0 aliphatic carbocycles. The summed E-state index contributed by atoms with van der Waals surface area (Å²) in [6.07, 6.45) is -0.689. The molecule has 0 radical (unpaired) electrons. The SMILES string of the molecule is Cn1cc(-c2n[nH]c3cc4c(cc23)CN([C@@H]2CN(CC(F)(F)F)C[C@H]2c2ccccc2)C(=O)N4)cn1. The highest BCUT2D eigenvalue weighted by atomic mass is 19.4. The summed E-state index contributed by atoms with van der Waals surface area (Å²) < 4.78 is 41.4. The maximum absolute atomic E-state index is 13.2. The summed E-state index contributed by atoms with van der Waals surface area (Å²) in [6.45, 7) is -0.320. The Bertz CT molecular complexity index is 1430. The number of nitrogens with zero attached hydrogens (tertiary/aromatic N) is 5. The van der Waals surface area contributed by atoms with Crippen LogP contribution in [0.5, 0.6) is 0 Å². The van der Waals surface area contributed by atoms with Crippen molar-refractivity contribution in [3.63, 3.8) is 0 Å². The van der Waals surface area contributed by atoms with E-state index in [1.807, 2.05) is 55.7 Å². The van der Waals surface area contributed by atoms with Gasteiger partial charge in [-0.15, -0.1) is 0 Å². The first-order valence-electron chi connectivity index (χ1n) is 11.7. The number of urea groups is 1. The monoisotopic (exact) mass is 495 g/mol. The fourth-order valence-corrected chi connectivity index (χ4v) is 5.42. The Labute approximate surface area is 204 Å². The predicted molar refractivity (Wildman–Crippen MR) is 128 cm³/mol. The second-order valence-corrected chi connectivity index (χ2v) is 9.48. The Hall–Kier alpha value is -3.86. The number of alkyl halides is 3. The van der Waals surface area contributed by atoms with Crippen LogP contribution in [-0.4, -0.2) is 67.7 Å². The van der Waals surface area contributed by atoms with E-state index in [1.165, 1.54) is 4.90 Å². The summed E-state index contributed by atoms with van der Waals surface area (Å²) in [5.74, 6) is -0.232. The molecule has 0 unspecified atom stereocenters. The van der Waals surface area contributed by atoms with Crippen molar-refractivity contribution >= 4 is 22.6 Å². The van der Waals surface area contributed by atoms with E-state index in [0.29, 0.717) is 12.2 Å². The summed E-state index contributed by atoms with van der Waals surface area (Å²) in [6, 6.07) is 12.6. The van der Waals surface area contributed by atoms with Gasteiger partial charge in [-0.1, -0.05) is 30.3 Å². The van der Waals surface area contributed by atoms with Crippen molar-refractivity contribution in [3.8, 4) is 11.3 Å². The molecule has 186 valence electrons. The van der Waals surface area contributed by atoms with Gasteiger partial charge in [-0.05, 0) is 23.3 Å². The summed E-state index contributed by atoms with van der Waals surface area (Å²) in [5.41, 5.74) is 4.88. The number of hydrogen-bond acceptors (Lipinski definition) is 4. The number of anilines is 1. The Morgan fingerprint density at radius 3 is 2.67 bits per heavy atom. The van der Waals surface area contributed by atoms with Crippen LogP contribution in [0, 0.1) is 0 Å². The highest BCUT2D eigenvalue weighted by Gasteiger charge is 2.44. The lowest BCUT2D eigenvalue weighted by atomic mass is 9.92. The molecule has 2 amide bonds. The molecule has 1 saturated heterocycles. The number of aryl methyl sites for hydroxylation is 1. The van der Waals surface area contributed by atoms with Crippen LogP contribution < -0.4 is 5.32 Å². The first kappa shape index (κ1) is 22.6. The summed E-state index contributed by atoms with van der Waals surface area (Å²) >= 11 is 0. The highest BCUT2D eigenvalue weighted by Crippen LogP contribution is 2.38. The fraction of sp³-hybridized carbons (Fsp3) is 0.320. The minimum atomic E-state index is -4.30. The molecule has 8 nitrogen and oxygen atoms in total. The van der Waals surface area contributed by atoms with Crippen LogP contribution in [0.3, 0.4) is 0 Å². The van der Waals surface area contributed by atoms with Gasteiger partial charge in [0, 0.05) is 55.4 Å². The molecule has 2 aliphatic rings. The normalized spacial score (nSPS) is 20.7. The number of carbonyl (C=O) groups is 1. The predicted octanol–water partition coefficient (Wildman–Crippen LogP) is 4.34. The zero-order chi connectivity index (χ0) is 25.0. The maximum atomic E-state index is 13.2. The van der Waals surface area contributed by atoms with Gasteiger partial charge in [-0.2, -0.15) is 23.4 Å². The van der Waals surface area contributed by atoms with Crippen molar-refractivity contribution in [1.82, 2.24) is 29.8 Å². The molecule has 4 heterocycles. The van der Waals surface area contributed by atoms with Gasteiger partial charge in [0.15, 0.2) is 0 Å². The molecule has 11 heteroatoms. The number of benzene rings is 2. The Kier molecular flexibility index (Phi) is 5.25. The van der Waals surface area contributed by atoms with Gasteiger partial charge in [-0.3, -0.25) is 14.7 Å². The first-order valence-corrected chi connectivity index (χ1v) is 11.7. The number of H-pyrrole nitrogens is 1. The molecular formula is C25H24F3N7O. The van der Waals surface area contributed by atoms with Crippen molar-refractivity contribution in [3.05, 3.63) is 66.0 Å². The molecule has 2 aromatic carbocycles. The van der Waals surface area contributed by atoms with E-state index < -0.39 is 18.8 Å². The van der Waals surface area contributed by atoms with Crippen LogP contribution in [0.2, 0.25) is 0 Å². The minimum absolute atomic E-state index is 0.150. The number of aromatic amines is 1. The van der Waals surface area contributed by atoms with E-state index in [1.54, 1.807) is 15.8 Å². The largest absolute Gasteiger partial charge is 0.401 e. The third-order valence-corrected chi connectivity index (χ3v) is 7.00. The minimum Gasteiger partial charge on any atom is -0.315 e. The maximum Gasteiger partial charge on any atom is 0.401 e. The molecule has 36 heavy (non-hydrogen) atoms. The number of nitrogens with one attached hydrogen (secondary N) is 2. The van der Waals surface area contributed by atoms with Gasteiger partial charge in [0.1, 0.15) is 5.69 Å². The molecule has 2 aliphatic heterocycles. The van der Waals surface area contributed by atoms with Crippen LogP contribution in [0.15, 0.2) is 54.9 Å². The molecule has 0 spiro atoms. The lowest BCUT2D eigenvalue weighted by Crippen LogP contribution is -2.48. The van der Waals surface area contributed by atoms with Crippen LogP contribution >= 0.6 is 0 Å². The molecule has 0 saturated carbocycles. The van der Waals surface area contributed by atoms with Crippen LogP contribution in [0.25, 0.3) is 22.2 Å². The number of aromatic nitrogens is 4. The van der Waals surface area contributed by atoms with Crippen molar-refractivity contribution < 1.29 is 18.0 Å². The number of carbonyl (C=O) groups excluding carboxylic acids is 1. The van der Waals surface area contributed by atoms with Gasteiger partial charge in [0.2, 0.25) is 0 Å². The third-order valence-electron chi connectivity index (χ3n) is 7.00. The number of hydrogen-bond donors (Lipinski definition) is 2. The molecule has 0 bridgehead atoms. The van der Waals surface area contributed by atoms with Crippen LogP contribution in [-0.2, 0) is 13.6 Å². The summed E-state index contributed by atoms with van der Waals surface area (Å²) in [7, 11) is 1.83. The number of likely N-dealkylation sites (tertiary alicyclic amines) is 1. The third kappa shape index (κ3) is 4.09. The van der Waals surface area contributed by atoms with Gasteiger partial charge < -0.3 is 10.2 Å². The molecule has 6 rings (SSSR count). The van der Waals surface area contributed by atoms with Gasteiger partial charge in [0.25, 0.3) is 0 Å². The molecule has 4 aromatic rings. The average Bonchev–Trinajstić information content (AvgIpc) is 3.55. The van der Waals surface area contributed by atoms with E-state index in [2.05, 4.69) is 20.6 Å². The number of rotatable bonds is 4. The van der Waals surface area contributed by atoms with Crippen molar-refractivity contribution in [2.24, 2.45) is 7.05 Å². The number of amides is 2. The van der Waals surface area contributed by atoms with Crippen molar-refractivity contribution in [1.29, 1.82) is 0 Å². The zero-order valence-electron chi connectivity index (χ0n) is 19.5.